The Bertz CT molecular complexity index is 464. The number of ether oxygens (including phenoxy) is 1. The van der Waals surface area contributed by atoms with E-state index in [1.165, 1.54) is 0 Å². The highest BCUT2D eigenvalue weighted by molar-refractivity contribution is 5.73. The van der Waals surface area contributed by atoms with E-state index in [1.807, 2.05) is 25.7 Å². The van der Waals surface area contributed by atoms with Crippen molar-refractivity contribution in [2.45, 2.75) is 33.6 Å². The molecule has 1 aromatic heterocycles. The first-order valence-corrected chi connectivity index (χ1v) is 6.71. The number of piperidine rings is 1. The second-order valence-corrected chi connectivity index (χ2v) is 4.82. The van der Waals surface area contributed by atoms with Crippen LogP contribution in [0.2, 0.25) is 0 Å². The number of esters is 1. The van der Waals surface area contributed by atoms with Crippen LogP contribution in [0.15, 0.2) is 0 Å². The van der Waals surface area contributed by atoms with Crippen molar-refractivity contribution < 1.29 is 9.53 Å². The molecule has 2 heterocycles. The molecule has 0 aromatic carbocycles. The normalized spacial score (nSPS) is 19.3. The lowest BCUT2D eigenvalue weighted by Crippen LogP contribution is -2.40. The Morgan fingerprint density at radius 1 is 1.37 bits per heavy atom. The summed E-state index contributed by atoms with van der Waals surface area (Å²) in [7, 11) is 0. The van der Waals surface area contributed by atoms with E-state index >= 15 is 0 Å². The predicted octanol–water partition coefficient (Wildman–Crippen LogP) is 1.27. The molecule has 104 valence electrons. The molecule has 0 N–H and O–H groups in total. The lowest BCUT2D eigenvalue weighted by molar-refractivity contribution is -0.148. The van der Waals surface area contributed by atoms with Gasteiger partial charge in [0.2, 0.25) is 5.95 Å². The second kappa shape index (κ2) is 5.95. The molecule has 0 bridgehead atoms. The summed E-state index contributed by atoms with van der Waals surface area (Å²) in [6, 6.07) is 0. The third kappa shape index (κ3) is 3.19. The summed E-state index contributed by atoms with van der Waals surface area (Å²) >= 11 is 0. The van der Waals surface area contributed by atoms with E-state index in [4.69, 9.17) is 4.74 Å². The van der Waals surface area contributed by atoms with Gasteiger partial charge < -0.3 is 9.64 Å². The maximum atomic E-state index is 11.8. The van der Waals surface area contributed by atoms with Gasteiger partial charge in [-0.25, -0.2) is 4.98 Å². The zero-order valence-corrected chi connectivity index (χ0v) is 11.7. The molecule has 6 heteroatoms. The Labute approximate surface area is 113 Å². The van der Waals surface area contributed by atoms with E-state index < -0.39 is 0 Å². The molecule has 0 saturated carbocycles. The van der Waals surface area contributed by atoms with Crippen molar-refractivity contribution in [3.63, 3.8) is 0 Å². The van der Waals surface area contributed by atoms with Crippen molar-refractivity contribution in [3.8, 4) is 0 Å². The van der Waals surface area contributed by atoms with Crippen LogP contribution in [0.5, 0.6) is 0 Å². The van der Waals surface area contributed by atoms with Gasteiger partial charge in [0.05, 0.1) is 23.9 Å². The quantitative estimate of drug-likeness (QED) is 0.766. The summed E-state index contributed by atoms with van der Waals surface area (Å²) in [5.41, 5.74) is 1.71. The fraction of sp³-hybridized carbons (Fsp3) is 0.692. The van der Waals surface area contributed by atoms with Gasteiger partial charge in [-0.15, -0.1) is 5.10 Å². The molecule has 0 amide bonds. The fourth-order valence-electron chi connectivity index (χ4n) is 2.19. The Hall–Kier alpha value is -1.72. The van der Waals surface area contributed by atoms with Crippen LogP contribution in [0.25, 0.3) is 0 Å². The molecule has 0 spiro atoms. The topological polar surface area (TPSA) is 68.2 Å². The Balaban J connectivity index is 2.08. The minimum absolute atomic E-state index is 0.0843. The van der Waals surface area contributed by atoms with E-state index in [0.717, 1.165) is 30.8 Å². The molecule has 0 aliphatic carbocycles. The van der Waals surface area contributed by atoms with Gasteiger partial charge in [0.15, 0.2) is 0 Å². The Kier molecular flexibility index (Phi) is 4.29. The number of hydrogen-bond acceptors (Lipinski definition) is 6. The van der Waals surface area contributed by atoms with E-state index in [-0.39, 0.29) is 11.9 Å². The first kappa shape index (κ1) is 13.7. The third-order valence-electron chi connectivity index (χ3n) is 3.40. The average molecular weight is 264 g/mol. The van der Waals surface area contributed by atoms with Gasteiger partial charge in [0.25, 0.3) is 0 Å². The Morgan fingerprint density at radius 3 is 2.84 bits per heavy atom. The summed E-state index contributed by atoms with van der Waals surface area (Å²) < 4.78 is 5.09. The maximum Gasteiger partial charge on any atom is 0.310 e. The minimum Gasteiger partial charge on any atom is -0.466 e. The van der Waals surface area contributed by atoms with Crippen LogP contribution in [0.3, 0.4) is 0 Å². The smallest absolute Gasteiger partial charge is 0.310 e. The van der Waals surface area contributed by atoms with Crippen molar-refractivity contribution in [2.75, 3.05) is 24.6 Å². The summed E-state index contributed by atoms with van der Waals surface area (Å²) in [5, 5.41) is 8.20. The van der Waals surface area contributed by atoms with Crippen molar-refractivity contribution in [1.82, 2.24) is 15.2 Å². The molecule has 6 nitrogen and oxygen atoms in total. The first-order valence-electron chi connectivity index (χ1n) is 6.71. The molecule has 1 saturated heterocycles. The lowest BCUT2D eigenvalue weighted by Gasteiger charge is -2.31. The van der Waals surface area contributed by atoms with Gasteiger partial charge in [-0.2, -0.15) is 5.10 Å². The van der Waals surface area contributed by atoms with Crippen LogP contribution in [0.1, 0.15) is 31.2 Å². The molecule has 1 aliphatic heterocycles. The second-order valence-electron chi connectivity index (χ2n) is 4.82. The van der Waals surface area contributed by atoms with Crippen LogP contribution in [-0.2, 0) is 9.53 Å². The first-order chi connectivity index (χ1) is 9.11. The highest BCUT2D eigenvalue weighted by Crippen LogP contribution is 2.21. The van der Waals surface area contributed by atoms with E-state index in [2.05, 4.69) is 15.2 Å². The standard InChI is InChI=1S/C13H20N4O2/c1-4-19-12(18)11-6-5-7-17(8-11)13-14-9(2)10(3)15-16-13/h11H,4-8H2,1-3H3. The highest BCUT2D eigenvalue weighted by atomic mass is 16.5. The van der Waals surface area contributed by atoms with E-state index in [1.54, 1.807) is 0 Å². The fourth-order valence-corrected chi connectivity index (χ4v) is 2.19. The molecule has 1 unspecified atom stereocenters. The number of aromatic nitrogens is 3. The average Bonchev–Trinajstić information content (AvgIpc) is 2.42. The zero-order chi connectivity index (χ0) is 13.8. The van der Waals surface area contributed by atoms with Gasteiger partial charge in [-0.05, 0) is 33.6 Å². The lowest BCUT2D eigenvalue weighted by atomic mass is 9.98. The molecule has 1 fully saturated rings. The highest BCUT2D eigenvalue weighted by Gasteiger charge is 2.28. The molecule has 1 atom stereocenters. The maximum absolute atomic E-state index is 11.8. The van der Waals surface area contributed by atoms with Crippen LogP contribution in [0.4, 0.5) is 5.95 Å². The monoisotopic (exact) mass is 264 g/mol. The van der Waals surface area contributed by atoms with Gasteiger partial charge in [-0.3, -0.25) is 4.79 Å². The van der Waals surface area contributed by atoms with Crippen LogP contribution >= 0.6 is 0 Å². The summed E-state index contributed by atoms with van der Waals surface area (Å²) in [6.07, 6.45) is 1.81. The molecule has 0 radical (unpaired) electrons. The van der Waals surface area contributed by atoms with Crippen LogP contribution < -0.4 is 4.90 Å². The molecular weight excluding hydrogens is 244 g/mol. The minimum atomic E-state index is -0.121. The SMILES string of the molecule is CCOC(=O)C1CCCN(c2nnc(C)c(C)n2)C1. The predicted molar refractivity (Wildman–Crippen MR) is 70.9 cm³/mol. The van der Waals surface area contributed by atoms with Gasteiger partial charge >= 0.3 is 5.97 Å². The number of hydrogen-bond donors (Lipinski definition) is 0. The third-order valence-corrected chi connectivity index (χ3v) is 3.40. The van der Waals surface area contributed by atoms with Gasteiger partial charge in [0, 0.05) is 13.1 Å². The van der Waals surface area contributed by atoms with Crippen LogP contribution in [-0.4, -0.2) is 40.8 Å². The van der Waals surface area contributed by atoms with Crippen molar-refractivity contribution in [2.24, 2.45) is 5.92 Å². The number of carbonyl (C=O) groups is 1. The number of rotatable bonds is 3. The van der Waals surface area contributed by atoms with Crippen molar-refractivity contribution in [1.29, 1.82) is 0 Å². The number of nitrogens with zero attached hydrogens (tertiary/aromatic N) is 4. The number of anilines is 1. The molecule has 2 rings (SSSR count). The van der Waals surface area contributed by atoms with E-state index in [0.29, 0.717) is 19.1 Å². The van der Waals surface area contributed by atoms with Gasteiger partial charge in [0.1, 0.15) is 0 Å². The van der Waals surface area contributed by atoms with Crippen molar-refractivity contribution in [3.05, 3.63) is 11.4 Å². The van der Waals surface area contributed by atoms with Gasteiger partial charge in [-0.1, -0.05) is 0 Å². The summed E-state index contributed by atoms with van der Waals surface area (Å²) in [5.74, 6) is 0.403. The molecular formula is C13H20N4O2. The summed E-state index contributed by atoms with van der Waals surface area (Å²) in [4.78, 5) is 18.2. The largest absolute Gasteiger partial charge is 0.466 e. The van der Waals surface area contributed by atoms with Crippen molar-refractivity contribution >= 4 is 11.9 Å². The number of aryl methyl sites for hydroxylation is 2. The Morgan fingerprint density at radius 2 is 2.16 bits per heavy atom. The number of carbonyl (C=O) groups excluding carboxylic acids is 1. The molecule has 19 heavy (non-hydrogen) atoms. The van der Waals surface area contributed by atoms with Crippen LogP contribution in [0, 0.1) is 19.8 Å². The van der Waals surface area contributed by atoms with E-state index in [9.17, 15) is 4.79 Å². The summed E-state index contributed by atoms with van der Waals surface area (Å²) in [6.45, 7) is 7.53. The zero-order valence-electron chi connectivity index (χ0n) is 11.7. The molecule has 1 aliphatic rings. The molecule has 1 aromatic rings.